The first-order valence-electron chi connectivity index (χ1n) is 3.71. The normalized spacial score (nSPS) is 12.6. The monoisotopic (exact) mass is 278 g/mol. The average Bonchev–Trinajstić information content (AvgIpc) is 2.06. The summed E-state index contributed by atoms with van der Waals surface area (Å²) in [5.74, 6) is 0.841. The van der Waals surface area contributed by atoms with E-state index < -0.39 is 6.10 Å². The summed E-state index contributed by atoms with van der Waals surface area (Å²) < 4.78 is 5.89. The molecule has 12 heavy (non-hydrogen) atoms. The van der Waals surface area contributed by atoms with Crippen LogP contribution in [0.3, 0.4) is 0 Å². The molecule has 1 N–H and O–H groups in total. The third-order valence-electron chi connectivity index (χ3n) is 1.58. The minimum Gasteiger partial charge on any atom is -0.483 e. The van der Waals surface area contributed by atoms with Crippen molar-refractivity contribution in [2.45, 2.75) is 13.0 Å². The highest BCUT2D eigenvalue weighted by Gasteiger charge is 1.99. The molecule has 0 saturated carbocycles. The molecule has 1 atom stereocenters. The molecule has 1 unspecified atom stereocenters. The lowest BCUT2D eigenvalue weighted by atomic mass is 10.1. The van der Waals surface area contributed by atoms with E-state index >= 15 is 0 Å². The molecular weight excluding hydrogens is 267 g/mol. The van der Waals surface area contributed by atoms with E-state index in [1.165, 1.54) is 0 Å². The average molecular weight is 278 g/mol. The third-order valence-corrected chi connectivity index (χ3v) is 1.90. The smallest absolute Gasteiger partial charge is 0.139 e. The third kappa shape index (κ3) is 2.64. The van der Waals surface area contributed by atoms with Gasteiger partial charge in [0.1, 0.15) is 10.4 Å². The van der Waals surface area contributed by atoms with E-state index in [0.29, 0.717) is 4.61 Å². The van der Waals surface area contributed by atoms with Crippen molar-refractivity contribution >= 4 is 22.6 Å². The van der Waals surface area contributed by atoms with Gasteiger partial charge < -0.3 is 9.84 Å². The molecule has 0 fully saturated rings. The number of rotatable bonds is 3. The van der Waals surface area contributed by atoms with Gasteiger partial charge in [0.15, 0.2) is 0 Å². The highest BCUT2D eigenvalue weighted by atomic mass is 127. The molecule has 0 aliphatic heterocycles. The predicted octanol–water partition coefficient (Wildman–Crippen LogP) is 2.51. The minimum absolute atomic E-state index is 0.404. The molecule has 66 valence electrons. The fourth-order valence-corrected chi connectivity index (χ4v) is 1.27. The summed E-state index contributed by atoms with van der Waals surface area (Å²) in [5.41, 5.74) is 0.913. The first-order valence-corrected chi connectivity index (χ1v) is 5.23. The van der Waals surface area contributed by atoms with E-state index in [1.54, 1.807) is 6.92 Å². The predicted molar refractivity (Wildman–Crippen MR) is 56.6 cm³/mol. The number of halogens is 1. The summed E-state index contributed by atoms with van der Waals surface area (Å²) in [6.45, 7) is 1.74. The van der Waals surface area contributed by atoms with Crippen molar-refractivity contribution in [3.8, 4) is 5.75 Å². The first kappa shape index (κ1) is 9.80. The molecule has 0 amide bonds. The molecule has 1 aromatic carbocycles. The number of aliphatic hydroxyl groups excluding tert-OH is 1. The molecule has 1 aromatic rings. The van der Waals surface area contributed by atoms with Gasteiger partial charge in [0, 0.05) is 0 Å². The second-order valence-electron chi connectivity index (χ2n) is 2.50. The van der Waals surface area contributed by atoms with Crippen molar-refractivity contribution in [2.24, 2.45) is 0 Å². The van der Waals surface area contributed by atoms with Gasteiger partial charge in [-0.15, -0.1) is 0 Å². The Morgan fingerprint density at radius 2 is 2.00 bits per heavy atom. The van der Waals surface area contributed by atoms with E-state index in [0.717, 1.165) is 11.3 Å². The molecule has 1 rings (SSSR count). The van der Waals surface area contributed by atoms with Gasteiger partial charge in [0.05, 0.1) is 6.10 Å². The van der Waals surface area contributed by atoms with Gasteiger partial charge in [0.25, 0.3) is 0 Å². The number of ether oxygens (including phenoxy) is 1. The Labute approximate surface area is 85.7 Å². The van der Waals surface area contributed by atoms with Crippen molar-refractivity contribution in [3.63, 3.8) is 0 Å². The number of aliphatic hydroxyl groups is 1. The second kappa shape index (κ2) is 4.67. The fraction of sp³-hybridized carbons (Fsp3) is 0.333. The van der Waals surface area contributed by atoms with Crippen LogP contribution < -0.4 is 4.74 Å². The SMILES string of the molecule is CC(O)c1ccc(OCI)cc1. The van der Waals surface area contributed by atoms with E-state index in [9.17, 15) is 5.11 Å². The summed E-state index contributed by atoms with van der Waals surface area (Å²) in [6, 6.07) is 7.46. The van der Waals surface area contributed by atoms with Gasteiger partial charge in [-0.1, -0.05) is 12.1 Å². The van der Waals surface area contributed by atoms with Crippen molar-refractivity contribution in [1.82, 2.24) is 0 Å². The highest BCUT2D eigenvalue weighted by molar-refractivity contribution is 14.1. The quantitative estimate of drug-likeness (QED) is 0.680. The molecule has 0 heterocycles. The van der Waals surface area contributed by atoms with Gasteiger partial charge in [-0.3, -0.25) is 0 Å². The van der Waals surface area contributed by atoms with Gasteiger partial charge in [0.2, 0.25) is 0 Å². The van der Waals surface area contributed by atoms with Gasteiger partial charge >= 0.3 is 0 Å². The van der Waals surface area contributed by atoms with Crippen molar-refractivity contribution in [3.05, 3.63) is 29.8 Å². The maximum absolute atomic E-state index is 9.20. The molecule has 0 saturated heterocycles. The zero-order chi connectivity index (χ0) is 8.97. The zero-order valence-electron chi connectivity index (χ0n) is 6.83. The fourth-order valence-electron chi connectivity index (χ4n) is 0.906. The molecular formula is C9H11IO2. The molecule has 0 bridgehead atoms. The van der Waals surface area contributed by atoms with E-state index in [2.05, 4.69) is 22.6 Å². The molecule has 0 spiro atoms. The van der Waals surface area contributed by atoms with Crippen molar-refractivity contribution in [2.75, 3.05) is 4.61 Å². The maximum atomic E-state index is 9.20. The van der Waals surface area contributed by atoms with Crippen LogP contribution in [0.1, 0.15) is 18.6 Å². The Morgan fingerprint density at radius 1 is 1.42 bits per heavy atom. The molecule has 0 radical (unpaired) electrons. The van der Waals surface area contributed by atoms with Crippen LogP contribution in [0.25, 0.3) is 0 Å². The summed E-state index contributed by atoms with van der Waals surface area (Å²) in [4.78, 5) is 0. The van der Waals surface area contributed by atoms with Gasteiger partial charge in [-0.05, 0) is 47.2 Å². The number of benzene rings is 1. The lowest BCUT2D eigenvalue weighted by Gasteiger charge is -2.05. The summed E-state index contributed by atoms with van der Waals surface area (Å²) in [5, 5.41) is 9.20. The van der Waals surface area contributed by atoms with Gasteiger partial charge in [-0.25, -0.2) is 0 Å². The van der Waals surface area contributed by atoms with Crippen LogP contribution in [0.5, 0.6) is 5.75 Å². The molecule has 0 aliphatic carbocycles. The summed E-state index contributed by atoms with van der Waals surface area (Å²) in [6.07, 6.45) is -0.404. The van der Waals surface area contributed by atoms with Crippen LogP contribution in [-0.2, 0) is 0 Å². The topological polar surface area (TPSA) is 29.5 Å². The molecule has 0 aromatic heterocycles. The lowest BCUT2D eigenvalue weighted by molar-refractivity contribution is 0.199. The lowest BCUT2D eigenvalue weighted by Crippen LogP contribution is -1.92. The Bertz CT molecular complexity index is 231. The number of hydrogen-bond donors (Lipinski definition) is 1. The van der Waals surface area contributed by atoms with Crippen LogP contribution >= 0.6 is 22.6 Å². The molecule has 0 aliphatic rings. The molecule has 3 heteroatoms. The minimum atomic E-state index is -0.404. The standard InChI is InChI=1S/C9H11IO2/c1-7(11)8-2-4-9(5-3-8)12-6-10/h2-5,7,11H,6H2,1H3. The van der Waals surface area contributed by atoms with E-state index in [1.807, 2.05) is 24.3 Å². The molecule has 2 nitrogen and oxygen atoms in total. The summed E-state index contributed by atoms with van der Waals surface area (Å²) in [7, 11) is 0. The Kier molecular flexibility index (Phi) is 3.81. The van der Waals surface area contributed by atoms with E-state index in [4.69, 9.17) is 4.74 Å². The Balaban J connectivity index is 2.71. The van der Waals surface area contributed by atoms with Crippen LogP contribution in [0.4, 0.5) is 0 Å². The van der Waals surface area contributed by atoms with Crippen molar-refractivity contribution in [1.29, 1.82) is 0 Å². The van der Waals surface area contributed by atoms with Gasteiger partial charge in [-0.2, -0.15) is 0 Å². The second-order valence-corrected chi connectivity index (χ2v) is 3.12. The van der Waals surface area contributed by atoms with Crippen LogP contribution in [-0.4, -0.2) is 9.72 Å². The maximum Gasteiger partial charge on any atom is 0.139 e. The first-order chi connectivity index (χ1) is 5.74. The summed E-state index contributed by atoms with van der Waals surface area (Å²) >= 11 is 2.14. The van der Waals surface area contributed by atoms with Crippen LogP contribution in [0.15, 0.2) is 24.3 Å². The number of alkyl halides is 1. The van der Waals surface area contributed by atoms with Crippen molar-refractivity contribution < 1.29 is 9.84 Å². The number of hydrogen-bond acceptors (Lipinski definition) is 2. The van der Waals surface area contributed by atoms with E-state index in [-0.39, 0.29) is 0 Å². The zero-order valence-corrected chi connectivity index (χ0v) is 8.98. The Morgan fingerprint density at radius 3 is 2.42 bits per heavy atom. The largest absolute Gasteiger partial charge is 0.483 e. The van der Waals surface area contributed by atoms with Crippen LogP contribution in [0.2, 0.25) is 0 Å². The Hall–Kier alpha value is -0.290. The highest BCUT2D eigenvalue weighted by Crippen LogP contribution is 2.17. The van der Waals surface area contributed by atoms with Crippen LogP contribution in [0, 0.1) is 0 Å².